The second kappa shape index (κ2) is 5.27. The van der Waals surface area contributed by atoms with Crippen molar-refractivity contribution in [2.45, 2.75) is 38.5 Å². The van der Waals surface area contributed by atoms with Crippen LogP contribution < -0.4 is 19.5 Å². The highest BCUT2D eigenvalue weighted by Crippen LogP contribution is 2.38. The number of fused-ring (bicyclic) bond motifs is 1. The predicted molar refractivity (Wildman–Crippen MR) is 69.6 cm³/mol. The van der Waals surface area contributed by atoms with Crippen molar-refractivity contribution in [3.8, 4) is 17.2 Å². The summed E-state index contributed by atoms with van der Waals surface area (Å²) in [6.07, 6.45) is 2.00. The fourth-order valence-corrected chi connectivity index (χ4v) is 1.99. The van der Waals surface area contributed by atoms with Gasteiger partial charge in [0.1, 0.15) is 12.4 Å². The summed E-state index contributed by atoms with van der Waals surface area (Å²) < 4.78 is 16.4. The van der Waals surface area contributed by atoms with Gasteiger partial charge >= 0.3 is 0 Å². The zero-order valence-electron chi connectivity index (χ0n) is 11.0. The lowest BCUT2D eigenvalue weighted by Gasteiger charge is -2.14. The van der Waals surface area contributed by atoms with Gasteiger partial charge in [0.15, 0.2) is 11.5 Å². The van der Waals surface area contributed by atoms with Gasteiger partial charge in [-0.15, -0.1) is 0 Å². The van der Waals surface area contributed by atoms with E-state index in [1.54, 1.807) is 6.92 Å². The molecule has 1 aromatic rings. The zero-order valence-corrected chi connectivity index (χ0v) is 11.0. The van der Waals surface area contributed by atoms with Crippen LogP contribution in [0.4, 0.5) is 0 Å². The summed E-state index contributed by atoms with van der Waals surface area (Å²) in [6.45, 7) is 2.98. The minimum absolute atomic E-state index is 0.255. The minimum atomic E-state index is -0.491. The molecule has 1 unspecified atom stereocenters. The van der Waals surface area contributed by atoms with Gasteiger partial charge in [-0.25, -0.2) is 0 Å². The smallest absolute Gasteiger partial charge is 0.231 e. The highest BCUT2D eigenvalue weighted by Gasteiger charge is 2.23. The highest BCUT2D eigenvalue weighted by molar-refractivity contribution is 5.51. The summed E-state index contributed by atoms with van der Waals surface area (Å²) in [4.78, 5) is 0. The number of ether oxygens (including phenoxy) is 3. The van der Waals surface area contributed by atoms with Crippen molar-refractivity contribution in [3.63, 3.8) is 0 Å². The standard InChI is InChI=1S/C14H19NO4/c1-9(16)7-17-12-5-14-13(18-8-19-14)4-10(12)6-15-11-2-3-11/h4-5,9,11,15-16H,2-3,6-8H2,1H3. The Morgan fingerprint density at radius 3 is 2.79 bits per heavy atom. The summed E-state index contributed by atoms with van der Waals surface area (Å²) in [5.41, 5.74) is 1.04. The summed E-state index contributed by atoms with van der Waals surface area (Å²) in [5.74, 6) is 2.21. The first-order valence-electron chi connectivity index (χ1n) is 6.69. The number of benzene rings is 1. The second-order valence-electron chi connectivity index (χ2n) is 5.13. The Balaban J connectivity index is 1.76. The second-order valence-corrected chi connectivity index (χ2v) is 5.13. The average Bonchev–Trinajstić information content (AvgIpc) is 3.10. The van der Waals surface area contributed by atoms with Crippen LogP contribution >= 0.6 is 0 Å². The molecule has 0 amide bonds. The maximum Gasteiger partial charge on any atom is 0.231 e. The van der Waals surface area contributed by atoms with Crippen LogP contribution in [0, 0.1) is 0 Å². The van der Waals surface area contributed by atoms with Gasteiger partial charge in [0.05, 0.1) is 6.10 Å². The molecule has 0 saturated heterocycles. The van der Waals surface area contributed by atoms with Crippen LogP contribution in [0.2, 0.25) is 0 Å². The van der Waals surface area contributed by atoms with E-state index in [9.17, 15) is 5.11 Å². The number of hydrogen-bond acceptors (Lipinski definition) is 5. The van der Waals surface area contributed by atoms with Crippen LogP contribution in [0.5, 0.6) is 17.2 Å². The number of rotatable bonds is 6. The molecule has 0 aromatic heterocycles. The van der Waals surface area contributed by atoms with Crippen LogP contribution in [0.15, 0.2) is 12.1 Å². The molecule has 1 atom stereocenters. The van der Waals surface area contributed by atoms with Crippen LogP contribution in [0.1, 0.15) is 25.3 Å². The molecule has 104 valence electrons. The molecule has 2 N–H and O–H groups in total. The molecule has 1 aromatic carbocycles. The van der Waals surface area contributed by atoms with Gasteiger partial charge in [0.25, 0.3) is 0 Å². The number of nitrogens with one attached hydrogen (secondary N) is 1. The quantitative estimate of drug-likeness (QED) is 0.814. The Labute approximate surface area is 112 Å². The third-order valence-corrected chi connectivity index (χ3v) is 3.19. The SMILES string of the molecule is CC(O)COc1cc2c(cc1CNC1CC1)OCO2. The third-order valence-electron chi connectivity index (χ3n) is 3.19. The van der Waals surface area contributed by atoms with Gasteiger partial charge in [-0.1, -0.05) is 0 Å². The average molecular weight is 265 g/mol. The van der Waals surface area contributed by atoms with Crippen molar-refractivity contribution in [2.24, 2.45) is 0 Å². The van der Waals surface area contributed by atoms with E-state index in [-0.39, 0.29) is 13.4 Å². The van der Waals surface area contributed by atoms with E-state index in [1.165, 1.54) is 12.8 Å². The van der Waals surface area contributed by atoms with Crippen LogP contribution in [0.3, 0.4) is 0 Å². The fourth-order valence-electron chi connectivity index (χ4n) is 1.99. The Kier molecular flexibility index (Phi) is 3.48. The van der Waals surface area contributed by atoms with Crippen LogP contribution in [-0.4, -0.2) is 30.7 Å². The molecular formula is C14H19NO4. The maximum absolute atomic E-state index is 9.33. The zero-order chi connectivity index (χ0) is 13.2. The van der Waals surface area contributed by atoms with E-state index in [0.29, 0.717) is 11.8 Å². The van der Waals surface area contributed by atoms with E-state index in [2.05, 4.69) is 5.32 Å². The number of hydrogen-bond donors (Lipinski definition) is 2. The lowest BCUT2D eigenvalue weighted by Crippen LogP contribution is -2.18. The molecule has 1 saturated carbocycles. The van der Waals surface area contributed by atoms with E-state index >= 15 is 0 Å². The molecule has 1 aliphatic carbocycles. The molecule has 0 radical (unpaired) electrons. The van der Waals surface area contributed by atoms with Crippen molar-refractivity contribution < 1.29 is 19.3 Å². The predicted octanol–water partition coefficient (Wildman–Crippen LogP) is 1.43. The monoisotopic (exact) mass is 265 g/mol. The molecular weight excluding hydrogens is 246 g/mol. The van der Waals surface area contributed by atoms with Crippen LogP contribution in [0.25, 0.3) is 0 Å². The first kappa shape index (κ1) is 12.6. The Hall–Kier alpha value is -1.46. The highest BCUT2D eigenvalue weighted by atomic mass is 16.7. The molecule has 1 aliphatic heterocycles. The lowest BCUT2D eigenvalue weighted by molar-refractivity contribution is 0.122. The minimum Gasteiger partial charge on any atom is -0.490 e. The molecule has 3 rings (SSSR count). The Morgan fingerprint density at radius 2 is 2.11 bits per heavy atom. The largest absolute Gasteiger partial charge is 0.490 e. The van der Waals surface area contributed by atoms with Gasteiger partial charge in [0.2, 0.25) is 6.79 Å². The first-order valence-corrected chi connectivity index (χ1v) is 6.69. The molecule has 19 heavy (non-hydrogen) atoms. The molecule has 2 aliphatic rings. The molecule has 5 heteroatoms. The van der Waals surface area contributed by atoms with Gasteiger partial charge < -0.3 is 24.6 Å². The number of aliphatic hydroxyl groups is 1. The van der Waals surface area contributed by atoms with E-state index < -0.39 is 6.10 Å². The van der Waals surface area contributed by atoms with Gasteiger partial charge in [0, 0.05) is 24.2 Å². The first-order chi connectivity index (χ1) is 9.22. The van der Waals surface area contributed by atoms with Gasteiger partial charge in [-0.05, 0) is 25.8 Å². The lowest BCUT2D eigenvalue weighted by atomic mass is 10.1. The maximum atomic E-state index is 9.33. The summed E-state index contributed by atoms with van der Waals surface area (Å²) >= 11 is 0. The van der Waals surface area contributed by atoms with Gasteiger partial charge in [-0.3, -0.25) is 0 Å². The van der Waals surface area contributed by atoms with Crippen molar-refractivity contribution in [1.82, 2.24) is 5.32 Å². The summed E-state index contributed by atoms with van der Waals surface area (Å²) in [6, 6.07) is 4.43. The van der Waals surface area contributed by atoms with Crippen molar-refractivity contribution in [1.29, 1.82) is 0 Å². The van der Waals surface area contributed by atoms with Crippen molar-refractivity contribution >= 4 is 0 Å². The summed E-state index contributed by atoms with van der Waals surface area (Å²) in [5, 5.41) is 12.8. The van der Waals surface area contributed by atoms with Crippen molar-refractivity contribution in [3.05, 3.63) is 17.7 Å². The topological polar surface area (TPSA) is 60.0 Å². The molecule has 1 heterocycles. The Morgan fingerprint density at radius 1 is 1.37 bits per heavy atom. The normalized spacial score (nSPS) is 18.4. The summed E-state index contributed by atoms with van der Waals surface area (Å²) in [7, 11) is 0. The molecule has 1 fully saturated rings. The Bertz CT molecular complexity index is 424. The van der Waals surface area contributed by atoms with E-state index in [0.717, 1.165) is 23.6 Å². The van der Waals surface area contributed by atoms with E-state index in [1.807, 2.05) is 12.1 Å². The molecule has 5 nitrogen and oxygen atoms in total. The fraction of sp³-hybridized carbons (Fsp3) is 0.571. The molecule has 0 spiro atoms. The van der Waals surface area contributed by atoms with Crippen molar-refractivity contribution in [2.75, 3.05) is 13.4 Å². The molecule has 0 bridgehead atoms. The third kappa shape index (κ3) is 3.11. The van der Waals surface area contributed by atoms with Gasteiger partial charge in [-0.2, -0.15) is 0 Å². The van der Waals surface area contributed by atoms with E-state index in [4.69, 9.17) is 14.2 Å². The number of aliphatic hydroxyl groups excluding tert-OH is 1. The van der Waals surface area contributed by atoms with Crippen LogP contribution in [-0.2, 0) is 6.54 Å².